The monoisotopic (exact) mass is 385 g/mol. The minimum Gasteiger partial charge on any atom is -0.482 e. The number of rotatable bonds is 3. The number of hydrogen-bond acceptors (Lipinski definition) is 6. The van der Waals surface area contributed by atoms with Gasteiger partial charge in [-0.2, -0.15) is 0 Å². The zero-order valence-corrected chi connectivity index (χ0v) is 16.2. The van der Waals surface area contributed by atoms with Crippen molar-refractivity contribution in [1.82, 2.24) is 4.90 Å². The van der Waals surface area contributed by atoms with Gasteiger partial charge >= 0.3 is 5.97 Å². The highest BCUT2D eigenvalue weighted by Crippen LogP contribution is 2.65. The molecule has 2 aliphatic heterocycles. The van der Waals surface area contributed by atoms with E-state index in [2.05, 4.69) is 4.90 Å². The molecule has 3 fully saturated rings. The number of ether oxygens (including phenoxy) is 2. The summed E-state index contributed by atoms with van der Waals surface area (Å²) in [4.78, 5) is 14.1. The topological polar surface area (TPSA) is 79.2 Å². The van der Waals surface area contributed by atoms with Gasteiger partial charge in [0.1, 0.15) is 6.10 Å². The molecular formula is C22H27NO5. The van der Waals surface area contributed by atoms with E-state index in [0.717, 1.165) is 43.0 Å². The fourth-order valence-corrected chi connectivity index (χ4v) is 6.68. The lowest BCUT2D eigenvalue weighted by molar-refractivity contribution is -0.208. The maximum atomic E-state index is 12.2. The number of benzene rings is 1. The SMILES string of the molecule is CC(=O)Oc1ccc2c3c1O[C@H]1[C@H](O)CC[C@@]4(O)[C@@H](C2)N(CC2CC2)CC[C@]314. The Bertz CT molecular complexity index is 867. The molecule has 2 bridgehead atoms. The van der Waals surface area contributed by atoms with E-state index in [9.17, 15) is 15.0 Å². The fourth-order valence-electron chi connectivity index (χ4n) is 6.68. The average Bonchev–Trinajstić information content (AvgIpc) is 3.38. The van der Waals surface area contributed by atoms with Crippen LogP contribution < -0.4 is 9.47 Å². The Morgan fingerprint density at radius 1 is 1.32 bits per heavy atom. The van der Waals surface area contributed by atoms with Crippen LogP contribution in [0.2, 0.25) is 0 Å². The molecule has 6 heteroatoms. The number of aliphatic hydroxyl groups excluding tert-OH is 1. The van der Waals surface area contributed by atoms with Gasteiger partial charge in [0.15, 0.2) is 11.5 Å². The van der Waals surface area contributed by atoms with Crippen molar-refractivity contribution in [2.45, 2.75) is 74.7 Å². The quantitative estimate of drug-likeness (QED) is 0.607. The van der Waals surface area contributed by atoms with E-state index in [-0.39, 0.29) is 6.04 Å². The summed E-state index contributed by atoms with van der Waals surface area (Å²) < 4.78 is 11.7. The zero-order chi connectivity index (χ0) is 19.3. The van der Waals surface area contributed by atoms with Crippen LogP contribution in [0.3, 0.4) is 0 Å². The number of nitrogens with zero attached hydrogens (tertiary/aromatic N) is 1. The molecule has 0 amide bonds. The third-order valence-electron chi connectivity index (χ3n) is 7.97. The summed E-state index contributed by atoms with van der Waals surface area (Å²) >= 11 is 0. The van der Waals surface area contributed by atoms with E-state index in [0.29, 0.717) is 24.3 Å². The minimum absolute atomic E-state index is 0.0541. The second-order valence-corrected chi connectivity index (χ2v) is 9.47. The van der Waals surface area contributed by atoms with Crippen molar-refractivity contribution in [2.24, 2.45) is 5.92 Å². The van der Waals surface area contributed by atoms with Gasteiger partial charge in [-0.15, -0.1) is 0 Å². The van der Waals surface area contributed by atoms with E-state index in [1.54, 1.807) is 6.07 Å². The molecule has 5 atom stereocenters. The maximum absolute atomic E-state index is 12.2. The molecule has 1 saturated heterocycles. The van der Waals surface area contributed by atoms with Gasteiger partial charge in [-0.25, -0.2) is 0 Å². The molecule has 3 aliphatic carbocycles. The summed E-state index contributed by atoms with van der Waals surface area (Å²) in [5.74, 6) is 1.34. The Hall–Kier alpha value is -1.63. The second kappa shape index (κ2) is 5.49. The number of carbonyl (C=O) groups excluding carboxylic acids is 1. The van der Waals surface area contributed by atoms with Crippen molar-refractivity contribution in [3.63, 3.8) is 0 Å². The zero-order valence-electron chi connectivity index (χ0n) is 16.2. The Morgan fingerprint density at radius 2 is 2.14 bits per heavy atom. The van der Waals surface area contributed by atoms with E-state index in [1.807, 2.05) is 6.07 Å². The molecule has 0 unspecified atom stereocenters. The summed E-state index contributed by atoms with van der Waals surface area (Å²) in [6.45, 7) is 3.35. The van der Waals surface area contributed by atoms with Gasteiger partial charge in [-0.3, -0.25) is 9.69 Å². The largest absolute Gasteiger partial charge is 0.482 e. The highest BCUT2D eigenvalue weighted by atomic mass is 16.6. The van der Waals surface area contributed by atoms with E-state index < -0.39 is 29.2 Å². The third kappa shape index (κ3) is 2.01. The van der Waals surface area contributed by atoms with Crippen molar-refractivity contribution in [2.75, 3.05) is 13.1 Å². The van der Waals surface area contributed by atoms with Gasteiger partial charge < -0.3 is 19.7 Å². The van der Waals surface area contributed by atoms with Crippen molar-refractivity contribution >= 4 is 5.97 Å². The van der Waals surface area contributed by atoms with Crippen LogP contribution in [0.4, 0.5) is 0 Å². The molecule has 2 heterocycles. The number of hydrogen-bond donors (Lipinski definition) is 2. The van der Waals surface area contributed by atoms with Crippen molar-refractivity contribution in [3.8, 4) is 11.5 Å². The summed E-state index contributed by atoms with van der Waals surface area (Å²) in [5.41, 5.74) is 0.614. The lowest BCUT2D eigenvalue weighted by Gasteiger charge is -2.63. The number of esters is 1. The van der Waals surface area contributed by atoms with Crippen LogP contribution in [0.1, 0.15) is 50.2 Å². The van der Waals surface area contributed by atoms with Crippen LogP contribution in [0.15, 0.2) is 12.1 Å². The molecule has 1 aromatic carbocycles. The van der Waals surface area contributed by atoms with Crippen LogP contribution >= 0.6 is 0 Å². The summed E-state index contributed by atoms with van der Waals surface area (Å²) in [7, 11) is 0. The first kappa shape index (κ1) is 17.2. The molecule has 150 valence electrons. The van der Waals surface area contributed by atoms with Crippen LogP contribution in [-0.4, -0.2) is 58.0 Å². The standard InChI is InChI=1S/C22H27NO5/c1-12(24)27-16-5-4-14-10-17-22(26)7-6-15(25)20-21(22,18(14)19(16)28-20)8-9-23(17)11-13-2-3-13/h4-5,13,15,17,20,25-26H,2-3,6-11H2,1H3/t15-,17-,20+,21+,22-/m1/s1. The molecule has 28 heavy (non-hydrogen) atoms. The van der Waals surface area contributed by atoms with Gasteiger partial charge in [0.25, 0.3) is 0 Å². The van der Waals surface area contributed by atoms with E-state index >= 15 is 0 Å². The third-order valence-corrected chi connectivity index (χ3v) is 7.97. The molecule has 0 aromatic heterocycles. The highest BCUT2D eigenvalue weighted by molar-refractivity contribution is 5.72. The molecule has 2 saturated carbocycles. The molecule has 1 spiro atoms. The van der Waals surface area contributed by atoms with Crippen LogP contribution in [0.5, 0.6) is 11.5 Å². The van der Waals surface area contributed by atoms with Crippen LogP contribution in [-0.2, 0) is 16.6 Å². The average molecular weight is 385 g/mol. The van der Waals surface area contributed by atoms with Gasteiger partial charge in [-0.05, 0) is 62.6 Å². The normalized spacial score (nSPS) is 40.6. The highest BCUT2D eigenvalue weighted by Gasteiger charge is 2.73. The first-order valence-corrected chi connectivity index (χ1v) is 10.6. The summed E-state index contributed by atoms with van der Waals surface area (Å²) in [6.07, 6.45) is 4.13. The molecule has 0 radical (unpaired) electrons. The van der Waals surface area contributed by atoms with Crippen LogP contribution in [0, 0.1) is 5.92 Å². The number of piperidine rings is 1. The lowest BCUT2D eigenvalue weighted by Crippen LogP contribution is -2.77. The molecule has 1 aromatic rings. The van der Waals surface area contributed by atoms with Crippen LogP contribution in [0.25, 0.3) is 0 Å². The number of likely N-dealkylation sites (tertiary alicyclic amines) is 1. The van der Waals surface area contributed by atoms with Gasteiger partial charge in [0.2, 0.25) is 0 Å². The van der Waals surface area contributed by atoms with E-state index in [1.165, 1.54) is 19.8 Å². The molecule has 5 aliphatic rings. The molecule has 2 N–H and O–H groups in total. The van der Waals surface area contributed by atoms with Crippen molar-refractivity contribution in [3.05, 3.63) is 23.3 Å². The summed E-state index contributed by atoms with van der Waals surface area (Å²) in [5, 5.41) is 23.0. The Morgan fingerprint density at radius 3 is 2.89 bits per heavy atom. The Kier molecular flexibility index (Phi) is 3.38. The molecule has 6 nitrogen and oxygen atoms in total. The first-order chi connectivity index (χ1) is 13.4. The molecule has 6 rings (SSSR count). The first-order valence-electron chi connectivity index (χ1n) is 10.6. The lowest BCUT2D eigenvalue weighted by atomic mass is 9.48. The Labute approximate surface area is 164 Å². The van der Waals surface area contributed by atoms with E-state index in [4.69, 9.17) is 9.47 Å². The fraction of sp³-hybridized carbons (Fsp3) is 0.682. The number of aliphatic hydroxyl groups is 2. The second-order valence-electron chi connectivity index (χ2n) is 9.47. The summed E-state index contributed by atoms with van der Waals surface area (Å²) in [6, 6.07) is 3.89. The smallest absolute Gasteiger partial charge is 0.308 e. The predicted octanol–water partition coefficient (Wildman–Crippen LogP) is 1.54. The van der Waals surface area contributed by atoms with Crippen molar-refractivity contribution in [1.29, 1.82) is 0 Å². The minimum atomic E-state index is -0.920. The van der Waals surface area contributed by atoms with Gasteiger partial charge in [0.05, 0.1) is 17.1 Å². The Balaban J connectivity index is 1.53. The van der Waals surface area contributed by atoms with Crippen molar-refractivity contribution < 1.29 is 24.5 Å². The maximum Gasteiger partial charge on any atom is 0.308 e. The van der Waals surface area contributed by atoms with Gasteiger partial charge in [0, 0.05) is 25.1 Å². The predicted molar refractivity (Wildman–Crippen MR) is 100 cm³/mol. The number of carbonyl (C=O) groups is 1. The molecular weight excluding hydrogens is 358 g/mol. The van der Waals surface area contributed by atoms with Gasteiger partial charge in [-0.1, -0.05) is 6.07 Å².